The first-order valence-electron chi connectivity index (χ1n) is 6.37. The molecule has 0 aliphatic rings. The molecule has 0 fully saturated rings. The van der Waals surface area contributed by atoms with E-state index in [1.807, 2.05) is 12.1 Å². The zero-order valence-corrected chi connectivity index (χ0v) is 11.9. The molecular weight excluding hydrogens is 246 g/mol. The largest absolute Gasteiger partial charge is 0.496 e. The van der Waals surface area contributed by atoms with Crippen molar-refractivity contribution in [3.05, 3.63) is 17.7 Å². The molecule has 108 valence electrons. The van der Waals surface area contributed by atoms with E-state index in [4.69, 9.17) is 19.3 Å². The number of benzene rings is 1. The molecule has 0 bridgehead atoms. The van der Waals surface area contributed by atoms with E-state index in [1.165, 1.54) is 0 Å². The van der Waals surface area contributed by atoms with Gasteiger partial charge < -0.3 is 24.6 Å². The van der Waals surface area contributed by atoms with Crippen molar-refractivity contribution >= 4 is 0 Å². The molecule has 0 spiro atoms. The van der Waals surface area contributed by atoms with Crippen LogP contribution in [0, 0.1) is 0 Å². The Labute approximate surface area is 114 Å². The predicted molar refractivity (Wildman–Crippen MR) is 74.4 cm³/mol. The fourth-order valence-corrected chi connectivity index (χ4v) is 1.84. The highest BCUT2D eigenvalue weighted by atomic mass is 16.5. The van der Waals surface area contributed by atoms with E-state index in [9.17, 15) is 0 Å². The van der Waals surface area contributed by atoms with Crippen molar-refractivity contribution in [3.63, 3.8) is 0 Å². The minimum absolute atomic E-state index is 0.215. The Hall–Kier alpha value is -1.46. The minimum atomic E-state index is 0.215. The first kappa shape index (κ1) is 15.6. The summed E-state index contributed by atoms with van der Waals surface area (Å²) < 4.78 is 15.9. The number of hydrogen-bond acceptors (Lipinski definition) is 5. The summed E-state index contributed by atoms with van der Waals surface area (Å²) in [5, 5.41) is 12.0. The molecule has 0 atom stereocenters. The van der Waals surface area contributed by atoms with Crippen LogP contribution in [0.1, 0.15) is 12.0 Å². The van der Waals surface area contributed by atoms with Crippen LogP contribution in [0.15, 0.2) is 12.1 Å². The van der Waals surface area contributed by atoms with Gasteiger partial charge in [0.05, 0.1) is 21.3 Å². The quantitative estimate of drug-likeness (QED) is 0.660. The SMILES string of the molecule is COc1cc(OC)c(OC)cc1CCNCCCO. The molecule has 19 heavy (non-hydrogen) atoms. The lowest BCUT2D eigenvalue weighted by molar-refractivity contribution is 0.286. The second-order valence-electron chi connectivity index (χ2n) is 4.10. The van der Waals surface area contributed by atoms with Gasteiger partial charge in [-0.3, -0.25) is 0 Å². The van der Waals surface area contributed by atoms with Crippen molar-refractivity contribution in [1.82, 2.24) is 5.32 Å². The lowest BCUT2D eigenvalue weighted by atomic mass is 10.1. The van der Waals surface area contributed by atoms with Crippen molar-refractivity contribution in [2.45, 2.75) is 12.8 Å². The summed E-state index contributed by atoms with van der Waals surface area (Å²) in [7, 11) is 4.87. The van der Waals surface area contributed by atoms with E-state index in [0.717, 1.165) is 37.2 Å². The molecule has 5 heteroatoms. The van der Waals surface area contributed by atoms with Crippen molar-refractivity contribution in [2.75, 3.05) is 41.0 Å². The third-order valence-corrected chi connectivity index (χ3v) is 2.87. The van der Waals surface area contributed by atoms with E-state index in [2.05, 4.69) is 5.32 Å². The molecule has 1 aromatic carbocycles. The summed E-state index contributed by atoms with van der Waals surface area (Å²) in [5.41, 5.74) is 1.07. The average Bonchev–Trinajstić information content (AvgIpc) is 2.46. The van der Waals surface area contributed by atoms with Gasteiger partial charge in [0.15, 0.2) is 11.5 Å². The van der Waals surface area contributed by atoms with Crippen LogP contribution in [-0.2, 0) is 6.42 Å². The van der Waals surface area contributed by atoms with E-state index >= 15 is 0 Å². The van der Waals surface area contributed by atoms with Crippen molar-refractivity contribution in [1.29, 1.82) is 0 Å². The van der Waals surface area contributed by atoms with Crippen LogP contribution in [0.5, 0.6) is 17.2 Å². The number of aliphatic hydroxyl groups excluding tert-OH is 1. The second-order valence-corrected chi connectivity index (χ2v) is 4.10. The number of nitrogens with one attached hydrogen (secondary N) is 1. The van der Waals surface area contributed by atoms with Crippen LogP contribution < -0.4 is 19.5 Å². The van der Waals surface area contributed by atoms with E-state index in [1.54, 1.807) is 21.3 Å². The summed E-state index contributed by atoms with van der Waals surface area (Å²) in [6.07, 6.45) is 1.60. The molecule has 0 saturated carbocycles. The van der Waals surface area contributed by atoms with Crippen molar-refractivity contribution in [2.24, 2.45) is 0 Å². The van der Waals surface area contributed by atoms with Crippen LogP contribution in [0.2, 0.25) is 0 Å². The van der Waals surface area contributed by atoms with Crippen LogP contribution in [0.25, 0.3) is 0 Å². The first-order valence-corrected chi connectivity index (χ1v) is 6.37. The van der Waals surface area contributed by atoms with Gasteiger partial charge in [-0.25, -0.2) is 0 Å². The molecule has 0 saturated heterocycles. The summed E-state index contributed by atoms with van der Waals surface area (Å²) in [4.78, 5) is 0. The fraction of sp³-hybridized carbons (Fsp3) is 0.571. The molecule has 0 radical (unpaired) electrons. The van der Waals surface area contributed by atoms with Gasteiger partial charge in [-0.2, -0.15) is 0 Å². The molecule has 0 unspecified atom stereocenters. The number of ether oxygens (including phenoxy) is 3. The molecule has 0 aliphatic heterocycles. The van der Waals surface area contributed by atoms with Gasteiger partial charge >= 0.3 is 0 Å². The Bertz CT molecular complexity index is 382. The number of rotatable bonds is 9. The highest BCUT2D eigenvalue weighted by Gasteiger charge is 2.11. The summed E-state index contributed by atoms with van der Waals surface area (Å²) in [5.74, 6) is 2.16. The van der Waals surface area contributed by atoms with Gasteiger partial charge in [0, 0.05) is 12.7 Å². The van der Waals surface area contributed by atoms with Gasteiger partial charge in [-0.05, 0) is 37.6 Å². The van der Waals surface area contributed by atoms with Gasteiger partial charge in [-0.15, -0.1) is 0 Å². The van der Waals surface area contributed by atoms with Crippen LogP contribution in [0.3, 0.4) is 0 Å². The lowest BCUT2D eigenvalue weighted by Crippen LogP contribution is -2.19. The summed E-state index contributed by atoms with van der Waals surface area (Å²) >= 11 is 0. The van der Waals surface area contributed by atoms with Gasteiger partial charge in [0.2, 0.25) is 0 Å². The van der Waals surface area contributed by atoms with E-state index in [-0.39, 0.29) is 6.61 Å². The Morgan fingerprint density at radius 1 is 0.947 bits per heavy atom. The lowest BCUT2D eigenvalue weighted by Gasteiger charge is -2.14. The smallest absolute Gasteiger partial charge is 0.164 e. The Balaban J connectivity index is 2.70. The van der Waals surface area contributed by atoms with Crippen molar-refractivity contribution in [3.8, 4) is 17.2 Å². The molecular formula is C14H23NO4. The Morgan fingerprint density at radius 3 is 2.16 bits per heavy atom. The summed E-state index contributed by atoms with van der Waals surface area (Å²) in [6, 6.07) is 3.77. The maximum atomic E-state index is 8.70. The van der Waals surface area contributed by atoms with Crippen LogP contribution in [-0.4, -0.2) is 46.1 Å². The molecule has 0 amide bonds. The topological polar surface area (TPSA) is 60.0 Å². The normalized spacial score (nSPS) is 10.3. The van der Waals surface area contributed by atoms with Gasteiger partial charge in [0.25, 0.3) is 0 Å². The van der Waals surface area contributed by atoms with Gasteiger partial charge in [0.1, 0.15) is 5.75 Å². The van der Waals surface area contributed by atoms with Crippen LogP contribution in [0.4, 0.5) is 0 Å². The number of methoxy groups -OCH3 is 3. The molecule has 5 nitrogen and oxygen atoms in total. The standard InChI is InChI=1S/C14H23NO4/c1-17-12-10-14(19-3)13(18-2)9-11(12)5-7-15-6-4-8-16/h9-10,15-16H,4-8H2,1-3H3. The summed E-state index contributed by atoms with van der Waals surface area (Å²) in [6.45, 7) is 1.85. The highest BCUT2D eigenvalue weighted by Crippen LogP contribution is 2.34. The minimum Gasteiger partial charge on any atom is -0.496 e. The maximum absolute atomic E-state index is 8.70. The second kappa shape index (κ2) is 8.61. The highest BCUT2D eigenvalue weighted by molar-refractivity contribution is 5.50. The van der Waals surface area contributed by atoms with E-state index < -0.39 is 0 Å². The first-order chi connectivity index (χ1) is 9.26. The fourth-order valence-electron chi connectivity index (χ4n) is 1.84. The molecule has 1 aromatic rings. The monoisotopic (exact) mass is 269 g/mol. The molecule has 0 aromatic heterocycles. The zero-order chi connectivity index (χ0) is 14.1. The van der Waals surface area contributed by atoms with E-state index in [0.29, 0.717) is 11.5 Å². The number of hydrogen-bond donors (Lipinski definition) is 2. The third-order valence-electron chi connectivity index (χ3n) is 2.87. The molecule has 1 rings (SSSR count). The Morgan fingerprint density at radius 2 is 1.58 bits per heavy atom. The average molecular weight is 269 g/mol. The molecule has 0 heterocycles. The molecule has 2 N–H and O–H groups in total. The predicted octanol–water partition coefficient (Wildman–Crippen LogP) is 1.23. The van der Waals surface area contributed by atoms with Crippen LogP contribution >= 0.6 is 0 Å². The third kappa shape index (κ3) is 4.61. The molecule has 0 aliphatic carbocycles. The van der Waals surface area contributed by atoms with Gasteiger partial charge in [-0.1, -0.05) is 0 Å². The Kier molecular flexibility index (Phi) is 7.07. The maximum Gasteiger partial charge on any atom is 0.164 e. The number of aliphatic hydroxyl groups is 1. The zero-order valence-electron chi connectivity index (χ0n) is 11.9. The van der Waals surface area contributed by atoms with Crippen molar-refractivity contribution < 1.29 is 19.3 Å².